The van der Waals surface area contributed by atoms with Crippen molar-refractivity contribution in [2.75, 3.05) is 19.9 Å². The summed E-state index contributed by atoms with van der Waals surface area (Å²) < 4.78 is 0. The molecule has 5 heteroatoms. The third-order valence-electron chi connectivity index (χ3n) is 4.05. The van der Waals surface area contributed by atoms with E-state index in [0.717, 1.165) is 17.4 Å². The van der Waals surface area contributed by atoms with Crippen LogP contribution in [0, 0.1) is 0 Å². The van der Waals surface area contributed by atoms with Crippen molar-refractivity contribution in [3.8, 4) is 0 Å². The first-order valence-corrected chi connectivity index (χ1v) is 8.04. The minimum absolute atomic E-state index is 0.00450. The molecule has 0 unspecified atom stereocenters. The van der Waals surface area contributed by atoms with E-state index in [1.54, 1.807) is 9.80 Å². The maximum Gasteiger partial charge on any atom is 0.322 e. The highest BCUT2D eigenvalue weighted by Gasteiger charge is 2.29. The minimum atomic E-state index is 0.00450. The van der Waals surface area contributed by atoms with Gasteiger partial charge in [0.25, 0.3) is 0 Å². The van der Waals surface area contributed by atoms with Gasteiger partial charge in [-0.1, -0.05) is 60.7 Å². The number of benzene rings is 2. The van der Waals surface area contributed by atoms with Crippen LogP contribution >= 0.6 is 0 Å². The summed E-state index contributed by atoms with van der Waals surface area (Å²) in [5.74, 6) is 0. The van der Waals surface area contributed by atoms with Gasteiger partial charge in [0.1, 0.15) is 6.29 Å². The van der Waals surface area contributed by atoms with Crippen LogP contribution in [0.2, 0.25) is 0 Å². The molecular weight excluding hydrogens is 302 g/mol. The van der Waals surface area contributed by atoms with Crippen LogP contribution in [0.3, 0.4) is 0 Å². The fourth-order valence-corrected chi connectivity index (χ4v) is 2.91. The molecule has 1 saturated heterocycles. The molecule has 5 nitrogen and oxygen atoms in total. The fraction of sp³-hybridized carbons (Fsp3) is 0.263. The number of nitrogens with zero attached hydrogens (tertiary/aromatic N) is 3. The lowest BCUT2D eigenvalue weighted by atomic mass is 10.2. The first kappa shape index (κ1) is 16.2. The highest BCUT2D eigenvalue weighted by molar-refractivity contribution is 5.75. The second kappa shape index (κ2) is 7.75. The normalized spacial score (nSPS) is 15.6. The molecule has 1 aliphatic rings. The molecule has 1 fully saturated rings. The van der Waals surface area contributed by atoms with E-state index in [-0.39, 0.29) is 6.03 Å². The van der Waals surface area contributed by atoms with Gasteiger partial charge in [-0.15, -0.1) is 0 Å². The van der Waals surface area contributed by atoms with Crippen molar-refractivity contribution in [2.24, 2.45) is 0 Å². The molecule has 0 aromatic heterocycles. The summed E-state index contributed by atoms with van der Waals surface area (Å²) in [6, 6.07) is 19.8. The smallest absolute Gasteiger partial charge is 0.307 e. The van der Waals surface area contributed by atoms with Crippen LogP contribution in [-0.2, 0) is 17.9 Å². The Morgan fingerprint density at radius 1 is 0.792 bits per heavy atom. The van der Waals surface area contributed by atoms with E-state index in [2.05, 4.69) is 0 Å². The number of amides is 2. The summed E-state index contributed by atoms with van der Waals surface area (Å²) in [6.45, 7) is 2.35. The van der Waals surface area contributed by atoms with Crippen LogP contribution in [0.25, 0.3) is 0 Å². The van der Waals surface area contributed by atoms with Gasteiger partial charge in [-0.25, -0.2) is 4.79 Å². The van der Waals surface area contributed by atoms with Gasteiger partial charge in [0.15, 0.2) is 0 Å². The minimum Gasteiger partial charge on any atom is -0.307 e. The zero-order valence-corrected chi connectivity index (χ0v) is 13.5. The molecule has 0 saturated carbocycles. The molecule has 2 aromatic carbocycles. The molecule has 24 heavy (non-hydrogen) atoms. The Bertz CT molecular complexity index is 622. The lowest BCUT2D eigenvalue weighted by Crippen LogP contribution is -2.57. The van der Waals surface area contributed by atoms with Crippen LogP contribution < -0.4 is 0 Å². The van der Waals surface area contributed by atoms with Gasteiger partial charge in [0.2, 0.25) is 0 Å². The van der Waals surface area contributed by atoms with Crippen LogP contribution in [0.15, 0.2) is 60.7 Å². The SMILES string of the molecule is O=CCN1CN(Cc2ccccc2)C(=O)N(Cc2ccccc2)C1. The average molecular weight is 323 g/mol. The Morgan fingerprint density at radius 3 is 1.67 bits per heavy atom. The first-order chi connectivity index (χ1) is 11.8. The molecular formula is C19H21N3O2. The molecule has 1 heterocycles. The summed E-state index contributed by atoms with van der Waals surface area (Å²) in [7, 11) is 0. The number of hydrogen-bond acceptors (Lipinski definition) is 3. The topological polar surface area (TPSA) is 43.9 Å². The van der Waals surface area contributed by atoms with Crippen molar-refractivity contribution >= 4 is 12.3 Å². The number of carbonyl (C=O) groups is 2. The lowest BCUT2D eigenvalue weighted by Gasteiger charge is -2.41. The molecule has 0 atom stereocenters. The van der Waals surface area contributed by atoms with E-state index in [0.29, 0.717) is 33.0 Å². The van der Waals surface area contributed by atoms with Crippen molar-refractivity contribution < 1.29 is 9.59 Å². The van der Waals surface area contributed by atoms with E-state index in [9.17, 15) is 9.59 Å². The fourth-order valence-electron chi connectivity index (χ4n) is 2.91. The predicted molar refractivity (Wildman–Crippen MR) is 91.9 cm³/mol. The van der Waals surface area contributed by atoms with Crippen molar-refractivity contribution in [1.82, 2.24) is 14.7 Å². The van der Waals surface area contributed by atoms with Gasteiger partial charge in [-0.2, -0.15) is 0 Å². The summed E-state index contributed by atoms with van der Waals surface area (Å²) in [6.07, 6.45) is 0.886. The van der Waals surface area contributed by atoms with Gasteiger partial charge in [0.05, 0.1) is 19.9 Å². The molecule has 2 aromatic rings. The average Bonchev–Trinajstić information content (AvgIpc) is 2.61. The summed E-state index contributed by atoms with van der Waals surface area (Å²) in [5.41, 5.74) is 2.16. The monoisotopic (exact) mass is 323 g/mol. The van der Waals surface area contributed by atoms with Crippen molar-refractivity contribution in [2.45, 2.75) is 13.1 Å². The van der Waals surface area contributed by atoms with E-state index in [1.807, 2.05) is 65.6 Å². The predicted octanol–water partition coefficient (Wildman–Crippen LogP) is 2.54. The Labute approximate surface area is 142 Å². The number of urea groups is 1. The Morgan fingerprint density at radius 2 is 1.25 bits per heavy atom. The van der Waals surface area contributed by atoms with Crippen LogP contribution in [0.1, 0.15) is 11.1 Å². The van der Waals surface area contributed by atoms with Crippen LogP contribution in [0.5, 0.6) is 0 Å². The lowest BCUT2D eigenvalue weighted by molar-refractivity contribution is -0.110. The van der Waals surface area contributed by atoms with E-state index < -0.39 is 0 Å². The quantitative estimate of drug-likeness (QED) is 0.767. The standard InChI is InChI=1S/C19H21N3O2/c23-12-11-20-15-21(13-17-7-3-1-4-8-17)19(24)22(16-20)14-18-9-5-2-6-10-18/h1-10,12H,11,13-16H2. The van der Waals surface area contributed by atoms with Gasteiger partial charge in [-0.3, -0.25) is 4.90 Å². The second-order valence-corrected chi connectivity index (χ2v) is 5.95. The van der Waals surface area contributed by atoms with Gasteiger partial charge in [0, 0.05) is 13.1 Å². The van der Waals surface area contributed by atoms with Crippen LogP contribution in [-0.4, -0.2) is 46.9 Å². The van der Waals surface area contributed by atoms with E-state index >= 15 is 0 Å². The molecule has 2 amide bonds. The van der Waals surface area contributed by atoms with Gasteiger partial charge >= 0.3 is 6.03 Å². The molecule has 0 N–H and O–H groups in total. The largest absolute Gasteiger partial charge is 0.322 e. The second-order valence-electron chi connectivity index (χ2n) is 5.95. The zero-order chi connectivity index (χ0) is 16.8. The summed E-state index contributed by atoms with van der Waals surface area (Å²) >= 11 is 0. The highest BCUT2D eigenvalue weighted by Crippen LogP contribution is 2.16. The zero-order valence-electron chi connectivity index (χ0n) is 13.5. The highest BCUT2D eigenvalue weighted by atomic mass is 16.2. The van der Waals surface area contributed by atoms with Crippen molar-refractivity contribution in [3.05, 3.63) is 71.8 Å². The number of carbonyl (C=O) groups excluding carboxylic acids is 2. The molecule has 0 aliphatic carbocycles. The Balaban J connectivity index is 1.75. The molecule has 1 aliphatic heterocycles. The maximum atomic E-state index is 12.8. The molecule has 0 spiro atoms. The Hall–Kier alpha value is -2.66. The summed E-state index contributed by atoms with van der Waals surface area (Å²) in [4.78, 5) is 29.3. The van der Waals surface area contributed by atoms with Gasteiger partial charge in [-0.05, 0) is 11.1 Å². The van der Waals surface area contributed by atoms with Crippen molar-refractivity contribution in [1.29, 1.82) is 0 Å². The molecule has 124 valence electrons. The Kier molecular flexibility index (Phi) is 5.23. The van der Waals surface area contributed by atoms with Gasteiger partial charge < -0.3 is 14.6 Å². The van der Waals surface area contributed by atoms with E-state index in [1.165, 1.54) is 0 Å². The number of hydrogen-bond donors (Lipinski definition) is 0. The number of aldehydes is 1. The van der Waals surface area contributed by atoms with Crippen LogP contribution in [0.4, 0.5) is 4.79 Å². The third kappa shape index (κ3) is 4.00. The first-order valence-electron chi connectivity index (χ1n) is 8.04. The maximum absolute atomic E-state index is 12.8. The molecule has 0 radical (unpaired) electrons. The summed E-state index contributed by atoms with van der Waals surface area (Å²) in [5, 5.41) is 0. The molecule has 3 rings (SSSR count). The third-order valence-corrected chi connectivity index (χ3v) is 4.05. The molecule has 0 bridgehead atoms. The number of rotatable bonds is 6. The van der Waals surface area contributed by atoms with Crippen molar-refractivity contribution in [3.63, 3.8) is 0 Å². The van der Waals surface area contributed by atoms with E-state index in [4.69, 9.17) is 0 Å².